The summed E-state index contributed by atoms with van der Waals surface area (Å²) >= 11 is 0. The summed E-state index contributed by atoms with van der Waals surface area (Å²) in [5.74, 6) is 2.31. The molecule has 2 fully saturated rings. The standard InChI is InChI=1S/C8H15NO.ClH/c10-5-7-3-9-4-8(7)6-1-2-6;/h6-10H,1-5H2;1H. The Labute approximate surface area is 73.8 Å². The van der Waals surface area contributed by atoms with Crippen LogP contribution in [0.25, 0.3) is 0 Å². The minimum absolute atomic E-state index is 0. The van der Waals surface area contributed by atoms with Gasteiger partial charge in [-0.2, -0.15) is 0 Å². The van der Waals surface area contributed by atoms with Gasteiger partial charge in [0.05, 0.1) is 0 Å². The van der Waals surface area contributed by atoms with Crippen LogP contribution >= 0.6 is 12.4 Å². The van der Waals surface area contributed by atoms with Crippen LogP contribution in [-0.2, 0) is 0 Å². The van der Waals surface area contributed by atoms with Crippen molar-refractivity contribution in [2.75, 3.05) is 19.7 Å². The predicted molar refractivity (Wildman–Crippen MR) is 46.9 cm³/mol. The van der Waals surface area contributed by atoms with Crippen LogP contribution in [0.5, 0.6) is 0 Å². The fraction of sp³-hybridized carbons (Fsp3) is 1.00. The summed E-state index contributed by atoms with van der Waals surface area (Å²) in [6.07, 6.45) is 2.81. The summed E-state index contributed by atoms with van der Waals surface area (Å²) in [5.41, 5.74) is 0. The summed E-state index contributed by atoms with van der Waals surface area (Å²) in [5, 5.41) is 12.3. The molecule has 2 atom stereocenters. The van der Waals surface area contributed by atoms with E-state index in [1.165, 1.54) is 12.8 Å². The Hall–Kier alpha value is 0.210. The molecule has 2 unspecified atom stereocenters. The molecule has 1 aliphatic heterocycles. The SMILES string of the molecule is Cl.OCC1CNCC1C1CC1. The molecule has 0 aromatic heterocycles. The molecule has 2 N–H and O–H groups in total. The van der Waals surface area contributed by atoms with E-state index in [1.54, 1.807) is 0 Å². The highest BCUT2D eigenvalue weighted by atomic mass is 35.5. The first-order valence-electron chi connectivity index (χ1n) is 4.23. The second-order valence-corrected chi connectivity index (χ2v) is 3.60. The highest BCUT2D eigenvalue weighted by Crippen LogP contribution is 2.41. The Morgan fingerprint density at radius 3 is 2.55 bits per heavy atom. The quantitative estimate of drug-likeness (QED) is 0.649. The normalized spacial score (nSPS) is 36.8. The topological polar surface area (TPSA) is 32.3 Å². The highest BCUT2D eigenvalue weighted by Gasteiger charge is 2.38. The van der Waals surface area contributed by atoms with Gasteiger partial charge < -0.3 is 10.4 Å². The first kappa shape index (κ1) is 9.30. The number of aliphatic hydroxyl groups is 1. The molecule has 11 heavy (non-hydrogen) atoms. The molecule has 1 saturated carbocycles. The monoisotopic (exact) mass is 177 g/mol. The number of hydrogen-bond acceptors (Lipinski definition) is 2. The van der Waals surface area contributed by atoms with Crippen molar-refractivity contribution in [1.82, 2.24) is 5.32 Å². The van der Waals surface area contributed by atoms with Gasteiger partial charge in [-0.3, -0.25) is 0 Å². The number of aliphatic hydroxyl groups excluding tert-OH is 1. The Morgan fingerprint density at radius 1 is 1.27 bits per heavy atom. The number of hydrogen-bond donors (Lipinski definition) is 2. The van der Waals surface area contributed by atoms with Crippen LogP contribution in [0.2, 0.25) is 0 Å². The van der Waals surface area contributed by atoms with Crippen molar-refractivity contribution in [3.63, 3.8) is 0 Å². The average Bonchev–Trinajstić information content (AvgIpc) is 2.69. The van der Waals surface area contributed by atoms with Gasteiger partial charge in [-0.15, -0.1) is 12.4 Å². The van der Waals surface area contributed by atoms with Gasteiger partial charge in [0.25, 0.3) is 0 Å². The van der Waals surface area contributed by atoms with E-state index in [2.05, 4.69) is 5.32 Å². The van der Waals surface area contributed by atoms with Crippen LogP contribution in [0.4, 0.5) is 0 Å². The molecule has 0 bridgehead atoms. The summed E-state index contributed by atoms with van der Waals surface area (Å²) < 4.78 is 0. The zero-order chi connectivity index (χ0) is 6.97. The van der Waals surface area contributed by atoms with Crippen molar-refractivity contribution in [3.8, 4) is 0 Å². The second-order valence-electron chi connectivity index (χ2n) is 3.60. The summed E-state index contributed by atoms with van der Waals surface area (Å²) in [4.78, 5) is 0. The largest absolute Gasteiger partial charge is 0.396 e. The molecule has 3 heteroatoms. The third-order valence-corrected chi connectivity index (χ3v) is 2.85. The van der Waals surface area contributed by atoms with Crippen molar-refractivity contribution in [3.05, 3.63) is 0 Å². The molecule has 66 valence electrons. The van der Waals surface area contributed by atoms with Crippen molar-refractivity contribution < 1.29 is 5.11 Å². The third-order valence-electron chi connectivity index (χ3n) is 2.85. The molecule has 1 saturated heterocycles. The molecule has 2 aliphatic rings. The van der Waals surface area contributed by atoms with Crippen LogP contribution in [0, 0.1) is 17.8 Å². The summed E-state index contributed by atoms with van der Waals surface area (Å²) in [7, 11) is 0. The van der Waals surface area contributed by atoms with Gasteiger partial charge in [-0.1, -0.05) is 0 Å². The molecule has 2 nitrogen and oxygen atoms in total. The molecule has 0 aromatic rings. The van der Waals surface area contributed by atoms with E-state index in [-0.39, 0.29) is 12.4 Å². The van der Waals surface area contributed by atoms with Gasteiger partial charge in [0.2, 0.25) is 0 Å². The highest BCUT2D eigenvalue weighted by molar-refractivity contribution is 5.85. The molecule has 2 rings (SSSR count). The Bertz CT molecular complexity index is 127. The average molecular weight is 178 g/mol. The first-order chi connectivity index (χ1) is 4.92. The maximum Gasteiger partial charge on any atom is 0.0474 e. The van der Waals surface area contributed by atoms with Gasteiger partial charge in [0.15, 0.2) is 0 Å². The molecule has 1 heterocycles. The van der Waals surface area contributed by atoms with Crippen LogP contribution < -0.4 is 5.32 Å². The first-order valence-corrected chi connectivity index (χ1v) is 4.23. The van der Waals surface area contributed by atoms with Gasteiger partial charge >= 0.3 is 0 Å². The van der Waals surface area contributed by atoms with Crippen LogP contribution in [0.3, 0.4) is 0 Å². The van der Waals surface area contributed by atoms with Crippen LogP contribution in [-0.4, -0.2) is 24.8 Å². The van der Waals surface area contributed by atoms with E-state index >= 15 is 0 Å². The van der Waals surface area contributed by atoms with Crippen molar-refractivity contribution in [2.45, 2.75) is 12.8 Å². The molecule has 0 radical (unpaired) electrons. The molecule has 0 spiro atoms. The minimum atomic E-state index is 0. The fourth-order valence-electron chi connectivity index (χ4n) is 2.03. The van der Waals surface area contributed by atoms with E-state index in [0.29, 0.717) is 12.5 Å². The molecular weight excluding hydrogens is 162 g/mol. The number of nitrogens with one attached hydrogen (secondary N) is 1. The fourth-order valence-corrected chi connectivity index (χ4v) is 2.03. The minimum Gasteiger partial charge on any atom is -0.396 e. The van der Waals surface area contributed by atoms with Crippen molar-refractivity contribution in [1.29, 1.82) is 0 Å². The van der Waals surface area contributed by atoms with Crippen LogP contribution in [0.15, 0.2) is 0 Å². The van der Waals surface area contributed by atoms with Crippen LogP contribution in [0.1, 0.15) is 12.8 Å². The predicted octanol–water partition coefficient (Wildman–Crippen LogP) is 0.646. The molecular formula is C8H16ClNO. The van der Waals surface area contributed by atoms with Crippen molar-refractivity contribution >= 4 is 12.4 Å². The molecule has 1 aliphatic carbocycles. The van der Waals surface area contributed by atoms with Gasteiger partial charge in [-0.25, -0.2) is 0 Å². The smallest absolute Gasteiger partial charge is 0.0474 e. The van der Waals surface area contributed by atoms with Gasteiger partial charge in [0, 0.05) is 13.2 Å². The van der Waals surface area contributed by atoms with Gasteiger partial charge in [-0.05, 0) is 37.1 Å². The Balaban J connectivity index is 0.000000605. The van der Waals surface area contributed by atoms with Gasteiger partial charge in [0.1, 0.15) is 0 Å². The number of halogens is 1. The summed E-state index contributed by atoms with van der Waals surface area (Å²) in [6.45, 7) is 2.57. The Kier molecular flexibility index (Phi) is 3.16. The zero-order valence-electron chi connectivity index (χ0n) is 6.62. The van der Waals surface area contributed by atoms with E-state index in [1.807, 2.05) is 0 Å². The molecule has 0 amide bonds. The van der Waals surface area contributed by atoms with E-state index in [9.17, 15) is 0 Å². The molecule has 0 aromatic carbocycles. The van der Waals surface area contributed by atoms with E-state index in [4.69, 9.17) is 5.11 Å². The third kappa shape index (κ3) is 1.86. The maximum absolute atomic E-state index is 8.97. The summed E-state index contributed by atoms with van der Waals surface area (Å²) in [6, 6.07) is 0. The number of rotatable bonds is 2. The Morgan fingerprint density at radius 2 is 2.00 bits per heavy atom. The lowest BCUT2D eigenvalue weighted by Crippen LogP contribution is -2.17. The van der Waals surface area contributed by atoms with E-state index < -0.39 is 0 Å². The lowest BCUT2D eigenvalue weighted by Gasteiger charge is -2.13. The maximum atomic E-state index is 8.97. The van der Waals surface area contributed by atoms with Crippen molar-refractivity contribution in [2.24, 2.45) is 17.8 Å². The van der Waals surface area contributed by atoms with E-state index in [0.717, 1.165) is 24.9 Å². The second kappa shape index (κ2) is 3.74. The zero-order valence-corrected chi connectivity index (χ0v) is 7.44. The lowest BCUT2D eigenvalue weighted by molar-refractivity contribution is 0.196. The lowest BCUT2D eigenvalue weighted by atomic mass is 9.92.